The number of ketones is 1. The molecule has 1 saturated heterocycles. The number of carbonyl (C=O) groups is 4. The van der Waals surface area contributed by atoms with E-state index in [2.05, 4.69) is 44.8 Å². The van der Waals surface area contributed by atoms with Gasteiger partial charge in [0.2, 0.25) is 5.91 Å². The van der Waals surface area contributed by atoms with Crippen LogP contribution in [0, 0.1) is 23.7 Å². The molecule has 284 valence electrons. The Labute approximate surface area is 311 Å². The van der Waals surface area contributed by atoms with Crippen molar-refractivity contribution >= 4 is 34.9 Å². The molecule has 1 N–H and O–H groups in total. The number of nitrogens with zero attached hydrogens (tertiary/aromatic N) is 3. The summed E-state index contributed by atoms with van der Waals surface area (Å²) in [4.78, 5) is 62.5. The molecule has 0 saturated carbocycles. The molecule has 0 radical (unpaired) electrons. The molecular formula is C41H64N4O5S. The summed E-state index contributed by atoms with van der Waals surface area (Å²) in [7, 11) is 3.27. The molecule has 10 heteroatoms. The molecule has 1 aliphatic heterocycles. The van der Waals surface area contributed by atoms with Gasteiger partial charge in [0.25, 0.3) is 5.91 Å². The number of ether oxygens (including phenoxy) is 1. The summed E-state index contributed by atoms with van der Waals surface area (Å²) in [5.74, 6) is -0.704. The van der Waals surface area contributed by atoms with Crippen molar-refractivity contribution in [2.24, 2.45) is 23.7 Å². The lowest BCUT2D eigenvalue weighted by Crippen LogP contribution is -2.48. The second kappa shape index (κ2) is 21.4. The summed E-state index contributed by atoms with van der Waals surface area (Å²) < 4.78 is 4.93. The van der Waals surface area contributed by atoms with Gasteiger partial charge in [0.1, 0.15) is 5.69 Å². The van der Waals surface area contributed by atoms with Crippen molar-refractivity contribution in [1.82, 2.24) is 20.1 Å². The van der Waals surface area contributed by atoms with Gasteiger partial charge in [-0.05, 0) is 69.0 Å². The second-order valence-electron chi connectivity index (χ2n) is 15.0. The monoisotopic (exact) mass is 724 g/mol. The van der Waals surface area contributed by atoms with Gasteiger partial charge in [-0.2, -0.15) is 0 Å². The lowest BCUT2D eigenvalue weighted by Gasteiger charge is -2.38. The summed E-state index contributed by atoms with van der Waals surface area (Å²) >= 11 is 1.45. The largest absolute Gasteiger partial charge is 0.469 e. The molecule has 0 unspecified atom stereocenters. The number of rotatable bonds is 21. The highest BCUT2D eigenvalue weighted by Crippen LogP contribution is 2.29. The van der Waals surface area contributed by atoms with Crippen LogP contribution in [-0.4, -0.2) is 83.7 Å². The van der Waals surface area contributed by atoms with Crippen LogP contribution in [0.25, 0.3) is 0 Å². The normalized spacial score (nSPS) is 18.0. The minimum atomic E-state index is -0.367. The maximum atomic E-state index is 14.2. The number of Topliss-reactive ketones (excluding diaryl/α,β-unsaturated/α-hetero) is 1. The molecule has 51 heavy (non-hydrogen) atoms. The zero-order valence-corrected chi connectivity index (χ0v) is 33.3. The zero-order chi connectivity index (χ0) is 37.5. The van der Waals surface area contributed by atoms with E-state index in [9.17, 15) is 19.2 Å². The van der Waals surface area contributed by atoms with Crippen molar-refractivity contribution in [3.8, 4) is 0 Å². The van der Waals surface area contributed by atoms with E-state index in [1.54, 1.807) is 5.38 Å². The molecule has 1 aromatic carbocycles. The molecule has 2 heterocycles. The van der Waals surface area contributed by atoms with Crippen molar-refractivity contribution in [2.45, 2.75) is 130 Å². The number of esters is 1. The summed E-state index contributed by atoms with van der Waals surface area (Å²) in [5, 5.41) is 5.74. The molecule has 1 fully saturated rings. The van der Waals surface area contributed by atoms with Crippen molar-refractivity contribution in [2.75, 3.05) is 27.2 Å². The van der Waals surface area contributed by atoms with E-state index in [4.69, 9.17) is 9.72 Å². The van der Waals surface area contributed by atoms with Gasteiger partial charge in [-0.25, -0.2) is 4.98 Å². The van der Waals surface area contributed by atoms with Gasteiger partial charge >= 0.3 is 5.97 Å². The van der Waals surface area contributed by atoms with E-state index >= 15 is 0 Å². The first kappa shape index (κ1) is 42.3. The van der Waals surface area contributed by atoms with Gasteiger partial charge < -0.3 is 15.0 Å². The molecule has 6 atom stereocenters. The molecular weight excluding hydrogens is 661 g/mol. The Morgan fingerprint density at radius 3 is 2.45 bits per heavy atom. The van der Waals surface area contributed by atoms with E-state index < -0.39 is 0 Å². The first-order chi connectivity index (χ1) is 24.4. The quantitative estimate of drug-likeness (QED) is 0.134. The number of aryl methyl sites for hydroxylation is 1. The molecule has 3 rings (SSSR count). The number of carbonyl (C=O) groups excluding carboxylic acids is 4. The minimum absolute atomic E-state index is 0.0360. The Kier molecular flexibility index (Phi) is 17.8. The fourth-order valence-electron chi connectivity index (χ4n) is 7.43. The molecule has 0 bridgehead atoms. The topological polar surface area (TPSA) is 109 Å². The standard InChI is InChI=1S/C41H64N4O5S/c1-9-11-22-45-23-16-15-19-36(45)37(46)26-33(29(5)10-2)40(48)44(7)35(28(3)4)20-21-38-43-34(27-51-38)39(47)42-32(24-30(6)41(49)50-8)25-31-17-13-12-14-18-31/h12-14,17-18,27-30,32-33,35-36H,9-11,15-16,19-26H2,1-8H3,(H,42,47)/t29-,30-,32+,33-,35+,36+/m0/s1. The van der Waals surface area contributed by atoms with Gasteiger partial charge in [0.05, 0.1) is 24.1 Å². The fourth-order valence-corrected chi connectivity index (χ4v) is 8.22. The highest BCUT2D eigenvalue weighted by Gasteiger charge is 2.36. The van der Waals surface area contributed by atoms with Gasteiger partial charge in [-0.3, -0.25) is 24.1 Å². The smallest absolute Gasteiger partial charge is 0.308 e. The molecule has 0 spiro atoms. The molecule has 1 aliphatic rings. The number of amides is 2. The van der Waals surface area contributed by atoms with E-state index in [0.29, 0.717) is 37.8 Å². The SMILES string of the molecule is CCCCN1CCCC[C@@H]1C(=O)C[C@H](C(=O)N(C)[C@H](CCc1nc(C(=O)N[C@@H](Cc2ccccc2)C[C@H](C)C(=O)OC)cs1)C(C)C)[C@@H](C)CC. The number of hydrogen-bond donors (Lipinski definition) is 1. The summed E-state index contributed by atoms with van der Waals surface area (Å²) in [5.41, 5.74) is 1.43. The Morgan fingerprint density at radius 1 is 1.08 bits per heavy atom. The highest BCUT2D eigenvalue weighted by atomic mass is 32.1. The number of nitrogens with one attached hydrogen (secondary N) is 1. The van der Waals surface area contributed by atoms with Crippen molar-refractivity contribution in [1.29, 1.82) is 0 Å². The summed E-state index contributed by atoms with van der Waals surface area (Å²) in [6.07, 6.45) is 8.80. The Bertz CT molecular complexity index is 1380. The van der Waals surface area contributed by atoms with Crippen LogP contribution in [0.5, 0.6) is 0 Å². The second-order valence-corrected chi connectivity index (χ2v) is 16.0. The maximum Gasteiger partial charge on any atom is 0.308 e. The number of likely N-dealkylation sites (tertiary alicyclic amines) is 1. The number of unbranched alkanes of at least 4 members (excludes halogenated alkanes) is 1. The van der Waals surface area contributed by atoms with Crippen molar-refractivity contribution in [3.05, 3.63) is 52.0 Å². The molecule has 9 nitrogen and oxygen atoms in total. The average Bonchev–Trinajstić information content (AvgIpc) is 3.61. The Hall–Kier alpha value is -3.11. The minimum Gasteiger partial charge on any atom is -0.469 e. The number of methoxy groups -OCH3 is 1. The predicted molar refractivity (Wildman–Crippen MR) is 206 cm³/mol. The van der Waals surface area contributed by atoms with Crippen LogP contribution in [-0.2, 0) is 32.0 Å². The lowest BCUT2D eigenvalue weighted by atomic mass is 9.82. The van der Waals surface area contributed by atoms with Crippen LogP contribution >= 0.6 is 11.3 Å². The van der Waals surface area contributed by atoms with Crippen LogP contribution in [0.1, 0.15) is 120 Å². The fraction of sp³-hybridized carbons (Fsp3) is 0.683. The predicted octanol–water partition coefficient (Wildman–Crippen LogP) is 7.38. The number of thiazole rings is 1. The molecule has 1 aromatic heterocycles. The zero-order valence-electron chi connectivity index (χ0n) is 32.5. The average molecular weight is 725 g/mol. The van der Waals surface area contributed by atoms with Crippen LogP contribution in [0.3, 0.4) is 0 Å². The van der Waals surface area contributed by atoms with Crippen LogP contribution < -0.4 is 5.32 Å². The van der Waals surface area contributed by atoms with Crippen LogP contribution in [0.15, 0.2) is 35.7 Å². The van der Waals surface area contributed by atoms with Gasteiger partial charge in [0.15, 0.2) is 5.78 Å². The van der Waals surface area contributed by atoms with Crippen molar-refractivity contribution in [3.63, 3.8) is 0 Å². The number of hydrogen-bond acceptors (Lipinski definition) is 8. The lowest BCUT2D eigenvalue weighted by molar-refractivity contribution is -0.145. The molecule has 0 aliphatic carbocycles. The number of benzene rings is 1. The van der Waals surface area contributed by atoms with E-state index in [-0.39, 0.29) is 65.4 Å². The number of aromatic nitrogens is 1. The van der Waals surface area contributed by atoms with Crippen LogP contribution in [0.2, 0.25) is 0 Å². The first-order valence-corrected chi connectivity index (χ1v) is 20.2. The Balaban J connectivity index is 1.67. The van der Waals surface area contributed by atoms with Crippen molar-refractivity contribution < 1.29 is 23.9 Å². The summed E-state index contributed by atoms with van der Waals surface area (Å²) in [6.45, 7) is 14.4. The maximum absolute atomic E-state index is 14.2. The van der Waals surface area contributed by atoms with E-state index in [0.717, 1.165) is 62.2 Å². The third-order valence-electron chi connectivity index (χ3n) is 10.8. The highest BCUT2D eigenvalue weighted by molar-refractivity contribution is 7.09. The third kappa shape index (κ3) is 12.8. The Morgan fingerprint density at radius 2 is 1.80 bits per heavy atom. The van der Waals surface area contributed by atoms with E-state index in [1.807, 2.05) is 49.2 Å². The van der Waals surface area contributed by atoms with Gasteiger partial charge in [0, 0.05) is 43.3 Å². The third-order valence-corrected chi connectivity index (χ3v) is 11.7. The van der Waals surface area contributed by atoms with Crippen LogP contribution in [0.4, 0.5) is 0 Å². The van der Waals surface area contributed by atoms with E-state index in [1.165, 1.54) is 18.4 Å². The van der Waals surface area contributed by atoms with Gasteiger partial charge in [-0.1, -0.05) is 91.1 Å². The number of piperidine rings is 1. The summed E-state index contributed by atoms with van der Waals surface area (Å²) in [6, 6.07) is 9.52. The molecule has 2 amide bonds. The molecule has 2 aromatic rings. The first-order valence-electron chi connectivity index (χ1n) is 19.3. The van der Waals surface area contributed by atoms with Gasteiger partial charge in [-0.15, -0.1) is 11.3 Å².